The van der Waals surface area contributed by atoms with E-state index in [1.807, 2.05) is 19.9 Å². The van der Waals surface area contributed by atoms with Gasteiger partial charge >= 0.3 is 0 Å². The average Bonchev–Trinajstić information content (AvgIpc) is 2.95. The first kappa shape index (κ1) is 15.4. The maximum atomic E-state index is 4.66. The van der Waals surface area contributed by atoms with E-state index in [1.54, 1.807) is 11.3 Å². The van der Waals surface area contributed by atoms with Crippen molar-refractivity contribution in [3.8, 4) is 0 Å². The van der Waals surface area contributed by atoms with E-state index in [4.69, 9.17) is 0 Å². The van der Waals surface area contributed by atoms with Crippen LogP contribution in [-0.2, 0) is 13.0 Å². The molecule has 1 saturated heterocycles. The van der Waals surface area contributed by atoms with Gasteiger partial charge in [0.15, 0.2) is 0 Å². The van der Waals surface area contributed by atoms with E-state index in [1.165, 1.54) is 10.7 Å². The van der Waals surface area contributed by atoms with Crippen molar-refractivity contribution < 1.29 is 0 Å². The van der Waals surface area contributed by atoms with Crippen LogP contribution < -0.4 is 4.90 Å². The van der Waals surface area contributed by atoms with Gasteiger partial charge in [-0.05, 0) is 26.3 Å². The monoisotopic (exact) mass is 317 g/mol. The van der Waals surface area contributed by atoms with Crippen LogP contribution in [0.3, 0.4) is 0 Å². The highest BCUT2D eigenvalue weighted by atomic mass is 32.1. The van der Waals surface area contributed by atoms with Crippen LogP contribution in [0.25, 0.3) is 0 Å². The summed E-state index contributed by atoms with van der Waals surface area (Å²) in [7, 11) is 0. The van der Waals surface area contributed by atoms with Gasteiger partial charge < -0.3 is 4.90 Å². The highest BCUT2D eigenvalue weighted by molar-refractivity contribution is 7.09. The van der Waals surface area contributed by atoms with Crippen LogP contribution in [0.4, 0.5) is 5.95 Å². The molecule has 1 aliphatic heterocycles. The van der Waals surface area contributed by atoms with Crippen molar-refractivity contribution in [2.75, 3.05) is 31.1 Å². The molecule has 0 unspecified atom stereocenters. The van der Waals surface area contributed by atoms with E-state index in [-0.39, 0.29) is 0 Å². The highest BCUT2D eigenvalue weighted by Gasteiger charge is 2.20. The predicted octanol–water partition coefficient (Wildman–Crippen LogP) is 2.43. The zero-order valence-electron chi connectivity index (χ0n) is 13.5. The number of piperazine rings is 1. The van der Waals surface area contributed by atoms with Gasteiger partial charge in [0.1, 0.15) is 0 Å². The first-order valence-corrected chi connectivity index (χ1v) is 8.75. The third-order valence-electron chi connectivity index (χ3n) is 3.91. The second-order valence-corrected chi connectivity index (χ2v) is 6.74. The number of aryl methyl sites for hydroxylation is 3. The van der Waals surface area contributed by atoms with E-state index < -0.39 is 0 Å². The fourth-order valence-electron chi connectivity index (χ4n) is 2.77. The van der Waals surface area contributed by atoms with Crippen molar-refractivity contribution in [2.24, 2.45) is 0 Å². The number of thiazole rings is 1. The Morgan fingerprint density at radius 2 is 1.73 bits per heavy atom. The maximum absolute atomic E-state index is 4.66. The quantitative estimate of drug-likeness (QED) is 0.866. The lowest BCUT2D eigenvalue weighted by Crippen LogP contribution is -2.46. The summed E-state index contributed by atoms with van der Waals surface area (Å²) in [6, 6.07) is 2.02. The maximum Gasteiger partial charge on any atom is 0.225 e. The number of hydrogen-bond donors (Lipinski definition) is 0. The van der Waals surface area contributed by atoms with E-state index in [2.05, 4.69) is 37.1 Å². The van der Waals surface area contributed by atoms with Crippen LogP contribution in [0.2, 0.25) is 0 Å². The summed E-state index contributed by atoms with van der Waals surface area (Å²) in [5, 5.41) is 3.43. The molecular weight excluding hydrogens is 294 g/mol. The number of hydrogen-bond acceptors (Lipinski definition) is 6. The Bertz CT molecular complexity index is 611. The third kappa shape index (κ3) is 3.62. The summed E-state index contributed by atoms with van der Waals surface area (Å²) in [6.07, 6.45) is 1.03. The van der Waals surface area contributed by atoms with Gasteiger partial charge in [0.2, 0.25) is 5.95 Å². The van der Waals surface area contributed by atoms with Crippen LogP contribution in [0.1, 0.15) is 29.0 Å². The SMILES string of the molecule is CCc1nc(CN2CCN(c3nc(C)cc(C)n3)CC2)cs1. The molecule has 118 valence electrons. The van der Waals surface area contributed by atoms with E-state index >= 15 is 0 Å². The lowest BCUT2D eigenvalue weighted by molar-refractivity contribution is 0.246. The van der Waals surface area contributed by atoms with E-state index in [0.717, 1.165) is 56.5 Å². The Labute approximate surface area is 136 Å². The predicted molar refractivity (Wildman–Crippen MR) is 90.5 cm³/mol. The average molecular weight is 317 g/mol. The first-order chi connectivity index (χ1) is 10.6. The van der Waals surface area contributed by atoms with Gasteiger partial charge in [0.25, 0.3) is 0 Å². The molecule has 0 radical (unpaired) electrons. The Kier molecular flexibility index (Phi) is 4.69. The number of rotatable bonds is 4. The van der Waals surface area contributed by atoms with Gasteiger partial charge in [-0.25, -0.2) is 15.0 Å². The summed E-state index contributed by atoms with van der Waals surface area (Å²) in [5.74, 6) is 0.874. The fourth-order valence-corrected chi connectivity index (χ4v) is 3.50. The lowest BCUT2D eigenvalue weighted by Gasteiger charge is -2.34. The van der Waals surface area contributed by atoms with Crippen molar-refractivity contribution in [1.29, 1.82) is 0 Å². The normalized spacial score (nSPS) is 16.2. The molecule has 1 fully saturated rings. The summed E-state index contributed by atoms with van der Waals surface area (Å²) in [6.45, 7) is 11.2. The molecule has 0 aromatic carbocycles. The zero-order chi connectivity index (χ0) is 15.5. The second kappa shape index (κ2) is 6.71. The molecule has 6 heteroatoms. The molecule has 1 aliphatic rings. The number of nitrogens with zero attached hydrogens (tertiary/aromatic N) is 5. The Balaban J connectivity index is 1.57. The van der Waals surface area contributed by atoms with Gasteiger partial charge in [-0.15, -0.1) is 11.3 Å². The van der Waals surface area contributed by atoms with Crippen LogP contribution in [0.5, 0.6) is 0 Å². The minimum absolute atomic E-state index is 0.874. The molecule has 0 amide bonds. The third-order valence-corrected chi connectivity index (χ3v) is 4.95. The second-order valence-electron chi connectivity index (χ2n) is 5.80. The lowest BCUT2D eigenvalue weighted by atomic mass is 10.3. The zero-order valence-corrected chi connectivity index (χ0v) is 14.4. The van der Waals surface area contributed by atoms with E-state index in [9.17, 15) is 0 Å². The standard InChI is InChI=1S/C16H23N5S/c1-4-15-19-14(11-22-15)10-20-5-7-21(8-6-20)16-17-12(2)9-13(3)18-16/h9,11H,4-8,10H2,1-3H3. The molecule has 5 nitrogen and oxygen atoms in total. The molecule has 0 aliphatic carbocycles. The van der Waals surface area contributed by atoms with Crippen LogP contribution in [0, 0.1) is 13.8 Å². The summed E-state index contributed by atoms with van der Waals surface area (Å²) in [5.41, 5.74) is 3.29. The van der Waals surface area contributed by atoms with Crippen LogP contribution in [0.15, 0.2) is 11.4 Å². The van der Waals surface area contributed by atoms with Gasteiger partial charge in [-0.1, -0.05) is 6.92 Å². The Morgan fingerprint density at radius 1 is 1.05 bits per heavy atom. The van der Waals surface area contributed by atoms with Crippen molar-refractivity contribution in [2.45, 2.75) is 33.7 Å². The minimum Gasteiger partial charge on any atom is -0.338 e. The van der Waals surface area contributed by atoms with Gasteiger partial charge in [0.05, 0.1) is 10.7 Å². The molecule has 2 aromatic heterocycles. The number of anilines is 1. The highest BCUT2D eigenvalue weighted by Crippen LogP contribution is 2.16. The summed E-state index contributed by atoms with van der Waals surface area (Å²) >= 11 is 1.77. The summed E-state index contributed by atoms with van der Waals surface area (Å²) in [4.78, 5) is 18.5. The molecule has 0 saturated carbocycles. The smallest absolute Gasteiger partial charge is 0.225 e. The Hall–Kier alpha value is -1.53. The molecule has 2 aromatic rings. The molecular formula is C16H23N5S. The van der Waals surface area contributed by atoms with Crippen molar-refractivity contribution >= 4 is 17.3 Å². The van der Waals surface area contributed by atoms with Crippen LogP contribution >= 0.6 is 11.3 Å². The fraction of sp³-hybridized carbons (Fsp3) is 0.562. The Morgan fingerprint density at radius 3 is 2.32 bits per heavy atom. The number of aromatic nitrogens is 3. The molecule has 0 bridgehead atoms. The topological polar surface area (TPSA) is 45.2 Å². The van der Waals surface area contributed by atoms with Gasteiger partial charge in [-0.2, -0.15) is 0 Å². The molecule has 0 spiro atoms. The van der Waals surface area contributed by atoms with Crippen molar-refractivity contribution in [3.05, 3.63) is 33.5 Å². The summed E-state index contributed by atoms with van der Waals surface area (Å²) < 4.78 is 0. The van der Waals surface area contributed by atoms with Gasteiger partial charge in [0, 0.05) is 49.5 Å². The van der Waals surface area contributed by atoms with Crippen molar-refractivity contribution in [3.63, 3.8) is 0 Å². The van der Waals surface area contributed by atoms with E-state index in [0.29, 0.717) is 0 Å². The molecule has 22 heavy (non-hydrogen) atoms. The van der Waals surface area contributed by atoms with Crippen LogP contribution in [-0.4, -0.2) is 46.0 Å². The van der Waals surface area contributed by atoms with Gasteiger partial charge in [-0.3, -0.25) is 4.90 Å². The largest absolute Gasteiger partial charge is 0.338 e. The first-order valence-electron chi connectivity index (χ1n) is 7.87. The molecule has 3 rings (SSSR count). The molecule has 3 heterocycles. The molecule has 0 N–H and O–H groups in total. The minimum atomic E-state index is 0.874. The van der Waals surface area contributed by atoms with Crippen molar-refractivity contribution in [1.82, 2.24) is 19.9 Å². The molecule has 0 atom stereocenters.